The summed E-state index contributed by atoms with van der Waals surface area (Å²) in [7, 11) is 0. The van der Waals surface area contributed by atoms with Gasteiger partial charge in [-0.3, -0.25) is 4.98 Å². The molecule has 0 bridgehead atoms. The molecule has 1 aromatic carbocycles. The fourth-order valence-electron chi connectivity index (χ4n) is 1.94. The average molecular weight is 307 g/mol. The van der Waals surface area contributed by atoms with Gasteiger partial charge in [-0.05, 0) is 24.3 Å². The fourth-order valence-corrected chi connectivity index (χ4v) is 2.26. The minimum atomic E-state index is 0.483. The molecular formula is C14H12Cl2N4. The third kappa shape index (κ3) is 2.86. The molecule has 2 heterocycles. The highest BCUT2D eigenvalue weighted by Gasteiger charge is 2.04. The van der Waals surface area contributed by atoms with Gasteiger partial charge in [-0.25, -0.2) is 4.98 Å². The van der Waals surface area contributed by atoms with Crippen molar-refractivity contribution in [3.05, 3.63) is 52.4 Å². The number of H-pyrrole nitrogens is 1. The number of hydrogen-bond acceptors (Lipinski definition) is 3. The molecule has 20 heavy (non-hydrogen) atoms. The van der Waals surface area contributed by atoms with Gasteiger partial charge in [0.2, 0.25) is 0 Å². The largest absolute Gasteiger partial charge is 0.368 e. The summed E-state index contributed by atoms with van der Waals surface area (Å²) in [6, 6.07) is 7.48. The van der Waals surface area contributed by atoms with Gasteiger partial charge in [-0.1, -0.05) is 23.2 Å². The van der Waals surface area contributed by atoms with Crippen molar-refractivity contribution >= 4 is 40.1 Å². The molecule has 0 saturated carbocycles. The van der Waals surface area contributed by atoms with Crippen molar-refractivity contribution in [3.63, 3.8) is 0 Å². The molecule has 4 nitrogen and oxygen atoms in total. The van der Waals surface area contributed by atoms with Gasteiger partial charge in [-0.15, -0.1) is 0 Å². The third-order valence-electron chi connectivity index (χ3n) is 2.95. The summed E-state index contributed by atoms with van der Waals surface area (Å²) in [6.07, 6.45) is 4.51. The van der Waals surface area contributed by atoms with Gasteiger partial charge in [0.15, 0.2) is 0 Å². The number of halogens is 2. The van der Waals surface area contributed by atoms with Crippen LogP contribution in [-0.2, 0) is 6.42 Å². The fraction of sp³-hybridized carbons (Fsp3) is 0.143. The molecular weight excluding hydrogens is 295 g/mol. The van der Waals surface area contributed by atoms with E-state index < -0.39 is 0 Å². The summed E-state index contributed by atoms with van der Waals surface area (Å²) >= 11 is 11.9. The summed E-state index contributed by atoms with van der Waals surface area (Å²) in [5.74, 6) is 0.724. The van der Waals surface area contributed by atoms with Crippen LogP contribution in [0.4, 0.5) is 5.82 Å². The Morgan fingerprint density at radius 1 is 1.15 bits per heavy atom. The summed E-state index contributed by atoms with van der Waals surface area (Å²) in [5.41, 5.74) is 2.64. The number of fused-ring (bicyclic) bond motifs is 1. The standard InChI is InChI=1S/C14H12Cl2N4/c15-10-6-12-13(7-11(10)16)20-14(8-19-12)18-5-3-9-2-1-4-17-9/h1-2,4,6-8,17H,3,5H2,(H,18,20). The summed E-state index contributed by atoms with van der Waals surface area (Å²) in [4.78, 5) is 12.0. The molecule has 0 unspecified atom stereocenters. The molecule has 3 rings (SSSR count). The zero-order valence-corrected chi connectivity index (χ0v) is 12.0. The van der Waals surface area contributed by atoms with E-state index in [-0.39, 0.29) is 0 Å². The minimum absolute atomic E-state index is 0.483. The molecule has 0 atom stereocenters. The van der Waals surface area contributed by atoms with Crippen LogP contribution >= 0.6 is 23.2 Å². The highest BCUT2D eigenvalue weighted by Crippen LogP contribution is 2.26. The second-order valence-electron chi connectivity index (χ2n) is 4.38. The van der Waals surface area contributed by atoms with Crippen molar-refractivity contribution in [1.29, 1.82) is 0 Å². The van der Waals surface area contributed by atoms with E-state index in [2.05, 4.69) is 26.3 Å². The predicted octanol–water partition coefficient (Wildman–Crippen LogP) is 3.92. The maximum absolute atomic E-state index is 5.99. The van der Waals surface area contributed by atoms with Crippen LogP contribution in [0.15, 0.2) is 36.7 Å². The normalized spacial score (nSPS) is 10.9. The molecule has 0 aliphatic rings. The van der Waals surface area contributed by atoms with Crippen molar-refractivity contribution in [2.75, 3.05) is 11.9 Å². The van der Waals surface area contributed by atoms with Gasteiger partial charge in [0.25, 0.3) is 0 Å². The molecule has 0 fully saturated rings. The lowest BCUT2D eigenvalue weighted by Crippen LogP contribution is -2.06. The Morgan fingerprint density at radius 3 is 2.70 bits per heavy atom. The SMILES string of the molecule is Clc1cc2ncc(NCCc3ccc[nH]3)nc2cc1Cl. The molecule has 102 valence electrons. The van der Waals surface area contributed by atoms with Crippen molar-refractivity contribution in [1.82, 2.24) is 15.0 Å². The Kier molecular flexibility index (Phi) is 3.76. The Morgan fingerprint density at radius 2 is 1.95 bits per heavy atom. The van der Waals surface area contributed by atoms with Crippen LogP contribution in [0.1, 0.15) is 5.69 Å². The van der Waals surface area contributed by atoms with Crippen LogP contribution in [0.3, 0.4) is 0 Å². The van der Waals surface area contributed by atoms with E-state index in [4.69, 9.17) is 23.2 Å². The van der Waals surface area contributed by atoms with Gasteiger partial charge < -0.3 is 10.3 Å². The second kappa shape index (κ2) is 5.69. The molecule has 0 aliphatic heterocycles. The molecule has 0 amide bonds. The lowest BCUT2D eigenvalue weighted by molar-refractivity contribution is 0.968. The van der Waals surface area contributed by atoms with Crippen molar-refractivity contribution in [2.45, 2.75) is 6.42 Å². The number of nitrogens with one attached hydrogen (secondary N) is 2. The Hall–Kier alpha value is -1.78. The van der Waals surface area contributed by atoms with Crippen molar-refractivity contribution < 1.29 is 0 Å². The van der Waals surface area contributed by atoms with Crippen LogP contribution < -0.4 is 5.32 Å². The average Bonchev–Trinajstić information content (AvgIpc) is 2.93. The molecule has 0 spiro atoms. The lowest BCUT2D eigenvalue weighted by Gasteiger charge is -2.06. The molecule has 2 N–H and O–H groups in total. The Bertz CT molecular complexity index is 725. The number of aromatic amines is 1. The van der Waals surface area contributed by atoms with Gasteiger partial charge in [0, 0.05) is 24.9 Å². The lowest BCUT2D eigenvalue weighted by atomic mass is 10.3. The van der Waals surface area contributed by atoms with Crippen LogP contribution in [0, 0.1) is 0 Å². The summed E-state index contributed by atoms with van der Waals surface area (Å²) in [5, 5.41) is 4.21. The van der Waals surface area contributed by atoms with E-state index in [0.29, 0.717) is 10.0 Å². The maximum Gasteiger partial charge on any atom is 0.145 e. The number of rotatable bonds is 4. The zero-order valence-electron chi connectivity index (χ0n) is 10.5. The highest BCUT2D eigenvalue weighted by molar-refractivity contribution is 6.42. The van der Waals surface area contributed by atoms with E-state index in [9.17, 15) is 0 Å². The summed E-state index contributed by atoms with van der Waals surface area (Å²) < 4.78 is 0. The highest BCUT2D eigenvalue weighted by atomic mass is 35.5. The molecule has 0 radical (unpaired) electrons. The zero-order chi connectivity index (χ0) is 13.9. The number of anilines is 1. The smallest absolute Gasteiger partial charge is 0.145 e. The van der Waals surface area contributed by atoms with Crippen molar-refractivity contribution in [2.24, 2.45) is 0 Å². The first kappa shape index (κ1) is 13.2. The van der Waals surface area contributed by atoms with Gasteiger partial charge >= 0.3 is 0 Å². The van der Waals surface area contributed by atoms with Crippen molar-refractivity contribution in [3.8, 4) is 0 Å². The van der Waals surface area contributed by atoms with Crippen LogP contribution in [-0.4, -0.2) is 21.5 Å². The first-order chi connectivity index (χ1) is 9.72. The predicted molar refractivity (Wildman–Crippen MR) is 82.5 cm³/mol. The first-order valence-electron chi connectivity index (χ1n) is 6.20. The monoisotopic (exact) mass is 306 g/mol. The van der Waals surface area contributed by atoms with Gasteiger partial charge in [-0.2, -0.15) is 0 Å². The van der Waals surface area contributed by atoms with Crippen LogP contribution in [0.25, 0.3) is 11.0 Å². The van der Waals surface area contributed by atoms with E-state index in [0.717, 1.165) is 29.8 Å². The van der Waals surface area contributed by atoms with Gasteiger partial charge in [0.05, 0.1) is 27.3 Å². The second-order valence-corrected chi connectivity index (χ2v) is 5.20. The molecule has 6 heteroatoms. The molecule has 0 aliphatic carbocycles. The number of hydrogen-bond donors (Lipinski definition) is 2. The Balaban J connectivity index is 1.73. The third-order valence-corrected chi connectivity index (χ3v) is 3.67. The molecule has 0 saturated heterocycles. The van der Waals surface area contributed by atoms with E-state index in [1.54, 1.807) is 18.3 Å². The topological polar surface area (TPSA) is 53.6 Å². The van der Waals surface area contributed by atoms with Crippen LogP contribution in [0.5, 0.6) is 0 Å². The van der Waals surface area contributed by atoms with E-state index in [1.165, 1.54) is 5.69 Å². The molecule has 2 aromatic heterocycles. The number of aromatic nitrogens is 3. The summed E-state index contributed by atoms with van der Waals surface area (Å²) in [6.45, 7) is 0.780. The minimum Gasteiger partial charge on any atom is -0.368 e. The Labute approximate surface area is 126 Å². The first-order valence-corrected chi connectivity index (χ1v) is 6.96. The maximum atomic E-state index is 5.99. The number of nitrogens with zero attached hydrogens (tertiary/aromatic N) is 2. The number of benzene rings is 1. The van der Waals surface area contributed by atoms with E-state index in [1.807, 2.05) is 12.3 Å². The van der Waals surface area contributed by atoms with Crippen LogP contribution in [0.2, 0.25) is 10.0 Å². The molecule has 3 aromatic rings. The van der Waals surface area contributed by atoms with E-state index >= 15 is 0 Å². The quantitative estimate of drug-likeness (QED) is 0.768. The van der Waals surface area contributed by atoms with Gasteiger partial charge in [0.1, 0.15) is 5.82 Å².